The van der Waals surface area contributed by atoms with Crippen molar-refractivity contribution in [2.75, 3.05) is 36.9 Å². The SMILES string of the molecule is C[C@H](Cn1cnc2c(N)ncnc21)OCP(C)(=O)OCCCSCCCCCCCCCCCCc1ccccc1.[NH4+]. The van der Waals surface area contributed by atoms with Gasteiger partial charge < -0.3 is 25.7 Å². The van der Waals surface area contributed by atoms with Crippen molar-refractivity contribution in [1.82, 2.24) is 25.7 Å². The Bertz CT molecular complexity index is 1170. The number of nitrogens with zero attached hydrogens (tertiary/aromatic N) is 4. The van der Waals surface area contributed by atoms with Gasteiger partial charge in [-0.05, 0) is 49.7 Å². The van der Waals surface area contributed by atoms with Crippen LogP contribution in [0.1, 0.15) is 83.1 Å². The van der Waals surface area contributed by atoms with Crippen LogP contribution >= 0.6 is 19.1 Å². The summed E-state index contributed by atoms with van der Waals surface area (Å²) >= 11 is 1.97. The molecule has 2 atom stereocenters. The van der Waals surface area contributed by atoms with Crippen molar-refractivity contribution in [3.63, 3.8) is 0 Å². The average Bonchev–Trinajstić information content (AvgIpc) is 3.38. The number of benzene rings is 1. The van der Waals surface area contributed by atoms with Crippen LogP contribution in [0.15, 0.2) is 43.0 Å². The number of nitrogens with two attached hydrogens (primary N) is 1. The summed E-state index contributed by atoms with van der Waals surface area (Å²) in [5.74, 6) is 2.60. The molecule has 1 unspecified atom stereocenters. The lowest BCUT2D eigenvalue weighted by atomic mass is 10.0. The topological polar surface area (TPSA) is 142 Å². The molecule has 11 heteroatoms. The molecule has 0 radical (unpaired) electrons. The molecule has 0 bridgehead atoms. The van der Waals surface area contributed by atoms with E-state index in [2.05, 4.69) is 45.3 Å². The molecule has 3 rings (SSSR count). The van der Waals surface area contributed by atoms with Crippen LogP contribution in [0.4, 0.5) is 5.82 Å². The zero-order chi connectivity index (χ0) is 29.2. The van der Waals surface area contributed by atoms with E-state index in [9.17, 15) is 4.57 Å². The summed E-state index contributed by atoms with van der Waals surface area (Å²) in [7, 11) is -2.80. The third-order valence-corrected chi connectivity index (χ3v) is 9.62. The largest absolute Gasteiger partial charge is 0.382 e. The minimum atomic E-state index is -2.80. The standard InChI is InChI=1S/C31H50N5O3PS.H3N/c1-27(23-36-25-35-29-30(32)33-24-34-31(29)36)38-26-40(2,37)39-20-16-22-41-21-15-10-8-6-4-3-5-7-9-12-17-28-18-13-11-14-19-28;/h11,13-14,18-19,24-25,27H,3-10,12,15-17,20-23,26H2,1-2H3,(H2,32,33,34);1H3/p+1/t27-,40?;/m1./s1. The molecule has 3 aromatic rings. The molecule has 0 aliphatic rings. The Hall–Kier alpha value is -1.97. The Labute approximate surface area is 257 Å². The number of hydrogen-bond donors (Lipinski definition) is 2. The molecule has 0 saturated heterocycles. The molecule has 6 N–H and O–H groups in total. The van der Waals surface area contributed by atoms with Gasteiger partial charge in [-0.25, -0.2) is 15.0 Å². The summed E-state index contributed by atoms with van der Waals surface area (Å²) < 4.78 is 26.2. The molecule has 9 nitrogen and oxygen atoms in total. The first-order valence-corrected chi connectivity index (χ1v) is 18.7. The fraction of sp³-hybridized carbons (Fsp3) is 0.645. The van der Waals surface area contributed by atoms with Gasteiger partial charge in [-0.1, -0.05) is 81.7 Å². The Kier molecular flexibility index (Phi) is 18.0. The van der Waals surface area contributed by atoms with Crippen molar-refractivity contribution in [3.8, 4) is 0 Å². The molecule has 0 aliphatic heterocycles. The normalized spacial score (nSPS) is 13.6. The third-order valence-electron chi connectivity index (χ3n) is 7.12. The number of rotatable bonds is 23. The van der Waals surface area contributed by atoms with Crippen molar-refractivity contribution in [3.05, 3.63) is 48.5 Å². The molecule has 1 aromatic carbocycles. The van der Waals surface area contributed by atoms with Gasteiger partial charge in [0.2, 0.25) is 7.37 Å². The van der Waals surface area contributed by atoms with Gasteiger partial charge in [-0.2, -0.15) is 11.8 Å². The zero-order valence-corrected chi connectivity index (χ0v) is 27.8. The number of quaternary nitrogens is 1. The van der Waals surface area contributed by atoms with Crippen LogP contribution in [0.2, 0.25) is 0 Å². The molecular formula is C31H54N6O3PS+. The molecule has 0 amide bonds. The van der Waals surface area contributed by atoms with Gasteiger partial charge >= 0.3 is 0 Å². The summed E-state index contributed by atoms with van der Waals surface area (Å²) in [5, 5.41) is 0. The quantitative estimate of drug-likeness (QED) is 0.0795. The van der Waals surface area contributed by atoms with E-state index in [0.717, 1.165) is 12.2 Å². The van der Waals surface area contributed by atoms with Crippen LogP contribution in [-0.4, -0.2) is 56.7 Å². The molecule has 0 fully saturated rings. The lowest BCUT2D eigenvalue weighted by Gasteiger charge is -2.18. The summed E-state index contributed by atoms with van der Waals surface area (Å²) in [4.78, 5) is 12.5. The fourth-order valence-electron chi connectivity index (χ4n) is 4.77. The van der Waals surface area contributed by atoms with E-state index in [1.54, 1.807) is 13.0 Å². The van der Waals surface area contributed by atoms with Gasteiger partial charge in [0.1, 0.15) is 18.2 Å². The van der Waals surface area contributed by atoms with Crippen molar-refractivity contribution in [2.45, 2.75) is 96.6 Å². The molecule has 42 heavy (non-hydrogen) atoms. The van der Waals surface area contributed by atoms with E-state index < -0.39 is 7.37 Å². The number of aromatic nitrogens is 4. The molecule has 236 valence electrons. The van der Waals surface area contributed by atoms with Crippen molar-refractivity contribution in [2.24, 2.45) is 0 Å². The second kappa shape index (κ2) is 20.9. The van der Waals surface area contributed by atoms with E-state index >= 15 is 0 Å². The highest BCUT2D eigenvalue weighted by atomic mass is 32.2. The number of aryl methyl sites for hydroxylation is 1. The summed E-state index contributed by atoms with van der Waals surface area (Å²) in [6, 6.07) is 10.8. The van der Waals surface area contributed by atoms with Gasteiger partial charge in [0.25, 0.3) is 0 Å². The number of anilines is 1. The number of fused-ring (bicyclic) bond motifs is 1. The number of imidazole rings is 1. The predicted molar refractivity (Wildman–Crippen MR) is 179 cm³/mol. The molecule has 2 heterocycles. The van der Waals surface area contributed by atoms with E-state index in [-0.39, 0.29) is 18.6 Å². The lowest BCUT2D eigenvalue weighted by Crippen LogP contribution is -2.17. The summed E-state index contributed by atoms with van der Waals surface area (Å²) in [5.41, 5.74) is 8.56. The molecule has 2 aromatic heterocycles. The number of unbranched alkanes of at least 4 members (excludes halogenated alkanes) is 9. The van der Waals surface area contributed by atoms with Gasteiger partial charge in [0, 0.05) is 6.66 Å². The van der Waals surface area contributed by atoms with E-state index in [4.69, 9.17) is 15.0 Å². The van der Waals surface area contributed by atoms with Crippen molar-refractivity contribution < 1.29 is 13.8 Å². The van der Waals surface area contributed by atoms with Gasteiger partial charge in [0.05, 0.1) is 25.6 Å². The second-order valence-electron chi connectivity index (χ2n) is 11.0. The molecular weight excluding hydrogens is 567 g/mol. The monoisotopic (exact) mass is 621 g/mol. The first-order valence-electron chi connectivity index (χ1n) is 15.3. The van der Waals surface area contributed by atoms with E-state index in [1.807, 2.05) is 23.3 Å². The first-order chi connectivity index (χ1) is 19.9. The molecule has 0 spiro atoms. The van der Waals surface area contributed by atoms with Crippen LogP contribution in [0.25, 0.3) is 11.2 Å². The predicted octanol–water partition coefficient (Wildman–Crippen LogP) is 8.34. The van der Waals surface area contributed by atoms with Gasteiger partial charge in [-0.3, -0.25) is 4.57 Å². The highest BCUT2D eigenvalue weighted by Crippen LogP contribution is 2.42. The Morgan fingerprint density at radius 3 is 2.26 bits per heavy atom. The van der Waals surface area contributed by atoms with Crippen LogP contribution in [0.5, 0.6) is 0 Å². The Morgan fingerprint density at radius 1 is 0.905 bits per heavy atom. The maximum absolute atomic E-state index is 12.8. The van der Waals surface area contributed by atoms with Crippen LogP contribution < -0.4 is 11.9 Å². The minimum absolute atomic E-state index is 0. The van der Waals surface area contributed by atoms with Gasteiger partial charge in [-0.15, -0.1) is 0 Å². The van der Waals surface area contributed by atoms with Gasteiger partial charge in [0.15, 0.2) is 11.5 Å². The number of nitrogen functional groups attached to an aromatic ring is 1. The number of thioether (sulfide) groups is 1. The smallest absolute Gasteiger partial charge is 0.225 e. The first kappa shape index (κ1) is 36.2. The van der Waals surface area contributed by atoms with E-state index in [0.29, 0.717) is 30.1 Å². The maximum Gasteiger partial charge on any atom is 0.225 e. The Morgan fingerprint density at radius 2 is 1.55 bits per heavy atom. The van der Waals surface area contributed by atoms with E-state index in [1.165, 1.54) is 88.3 Å². The number of hydrogen-bond acceptors (Lipinski definition) is 8. The minimum Gasteiger partial charge on any atom is -0.382 e. The highest BCUT2D eigenvalue weighted by molar-refractivity contribution is 7.99. The highest BCUT2D eigenvalue weighted by Gasteiger charge is 2.19. The summed E-state index contributed by atoms with van der Waals surface area (Å²) in [6.45, 7) is 4.62. The number of ether oxygens (including phenoxy) is 1. The molecule has 0 saturated carbocycles. The fourth-order valence-corrected chi connectivity index (χ4v) is 6.82. The Balaban J connectivity index is 0.00000616. The van der Waals surface area contributed by atoms with Crippen molar-refractivity contribution in [1.29, 1.82) is 0 Å². The van der Waals surface area contributed by atoms with Crippen molar-refractivity contribution >= 4 is 36.1 Å². The lowest BCUT2D eigenvalue weighted by molar-refractivity contribution is 0.0801. The van der Waals surface area contributed by atoms with Crippen LogP contribution in [0.3, 0.4) is 0 Å². The van der Waals surface area contributed by atoms with Crippen LogP contribution in [-0.2, 0) is 26.8 Å². The second-order valence-corrected chi connectivity index (χ2v) is 14.8. The summed E-state index contributed by atoms with van der Waals surface area (Å²) in [6.07, 6.45) is 18.7. The van der Waals surface area contributed by atoms with Crippen LogP contribution in [0, 0.1) is 0 Å². The zero-order valence-electron chi connectivity index (χ0n) is 26.1. The average molecular weight is 622 g/mol. The molecule has 0 aliphatic carbocycles. The maximum atomic E-state index is 12.8. The third kappa shape index (κ3) is 14.5.